The zero-order valence-corrected chi connectivity index (χ0v) is 13.7. The predicted molar refractivity (Wildman–Crippen MR) is 84.4 cm³/mol. The predicted octanol–water partition coefficient (Wildman–Crippen LogP) is 3.77. The molecule has 0 spiro atoms. The molecule has 2 rings (SSSR count). The summed E-state index contributed by atoms with van der Waals surface area (Å²) in [7, 11) is 3.02. The third-order valence-corrected chi connectivity index (χ3v) is 3.67. The van der Waals surface area contributed by atoms with Crippen LogP contribution in [0.1, 0.15) is 10.4 Å². The summed E-state index contributed by atoms with van der Waals surface area (Å²) in [4.78, 5) is 16.2. The quantitative estimate of drug-likeness (QED) is 0.831. The number of pyridine rings is 1. The molecular formula is C14H12BrClN2O3. The van der Waals surface area contributed by atoms with Crippen LogP contribution in [-0.4, -0.2) is 25.1 Å². The molecule has 21 heavy (non-hydrogen) atoms. The average molecular weight is 372 g/mol. The second-order valence-corrected chi connectivity index (χ2v) is 5.14. The summed E-state index contributed by atoms with van der Waals surface area (Å²) in [6, 6.07) is 6.51. The van der Waals surface area contributed by atoms with Crippen molar-refractivity contribution in [3.05, 3.63) is 45.7 Å². The molecule has 1 aromatic carbocycles. The van der Waals surface area contributed by atoms with Gasteiger partial charge in [-0.15, -0.1) is 0 Å². The summed E-state index contributed by atoms with van der Waals surface area (Å²) >= 11 is 9.36. The van der Waals surface area contributed by atoms with E-state index in [1.165, 1.54) is 14.2 Å². The van der Waals surface area contributed by atoms with Crippen LogP contribution in [0.2, 0.25) is 5.02 Å². The number of rotatable bonds is 4. The van der Waals surface area contributed by atoms with Gasteiger partial charge in [0.25, 0.3) is 5.91 Å². The second kappa shape index (κ2) is 6.78. The van der Waals surface area contributed by atoms with Crippen LogP contribution in [0, 0.1) is 0 Å². The Labute approximate surface area is 135 Å². The zero-order chi connectivity index (χ0) is 15.4. The van der Waals surface area contributed by atoms with E-state index in [4.69, 9.17) is 21.1 Å². The van der Waals surface area contributed by atoms with Gasteiger partial charge in [0.15, 0.2) is 11.5 Å². The van der Waals surface area contributed by atoms with Crippen LogP contribution in [0.4, 0.5) is 5.69 Å². The molecule has 0 saturated carbocycles. The van der Waals surface area contributed by atoms with E-state index in [9.17, 15) is 4.79 Å². The van der Waals surface area contributed by atoms with Crippen molar-refractivity contribution < 1.29 is 14.3 Å². The molecule has 0 bridgehead atoms. The van der Waals surface area contributed by atoms with Crippen LogP contribution in [-0.2, 0) is 0 Å². The maximum Gasteiger partial charge on any atom is 0.258 e. The maximum absolute atomic E-state index is 12.2. The van der Waals surface area contributed by atoms with Gasteiger partial charge in [0.05, 0.1) is 30.5 Å². The van der Waals surface area contributed by atoms with E-state index >= 15 is 0 Å². The number of benzene rings is 1. The zero-order valence-electron chi connectivity index (χ0n) is 11.3. The van der Waals surface area contributed by atoms with E-state index in [1.54, 1.807) is 30.5 Å². The number of ether oxygens (including phenoxy) is 2. The maximum atomic E-state index is 12.2. The van der Waals surface area contributed by atoms with Gasteiger partial charge in [-0.05, 0) is 28.1 Å². The summed E-state index contributed by atoms with van der Waals surface area (Å²) in [5.74, 6) is 0.634. The Morgan fingerprint density at radius 3 is 2.57 bits per heavy atom. The first kappa shape index (κ1) is 15.6. The monoisotopic (exact) mass is 370 g/mol. The lowest BCUT2D eigenvalue weighted by Gasteiger charge is -2.13. The number of hydrogen-bond donors (Lipinski definition) is 1. The normalized spacial score (nSPS) is 10.1. The first-order valence-corrected chi connectivity index (χ1v) is 7.07. The molecule has 1 amide bonds. The fraction of sp³-hybridized carbons (Fsp3) is 0.143. The molecule has 0 fully saturated rings. The summed E-state index contributed by atoms with van der Waals surface area (Å²) in [5.41, 5.74) is 0.832. The van der Waals surface area contributed by atoms with Crippen molar-refractivity contribution in [2.24, 2.45) is 0 Å². The van der Waals surface area contributed by atoms with Gasteiger partial charge in [0.2, 0.25) is 0 Å². The molecule has 1 heterocycles. The Morgan fingerprint density at radius 2 is 1.95 bits per heavy atom. The van der Waals surface area contributed by atoms with Gasteiger partial charge in [-0.2, -0.15) is 0 Å². The lowest BCUT2D eigenvalue weighted by molar-refractivity contribution is 0.102. The number of anilines is 1. The van der Waals surface area contributed by atoms with Gasteiger partial charge < -0.3 is 14.8 Å². The van der Waals surface area contributed by atoms with Crippen molar-refractivity contribution in [3.8, 4) is 11.5 Å². The van der Waals surface area contributed by atoms with Gasteiger partial charge in [0.1, 0.15) is 4.60 Å². The molecule has 0 aliphatic carbocycles. The molecule has 0 unspecified atom stereocenters. The molecule has 0 saturated heterocycles. The van der Waals surface area contributed by atoms with Crippen LogP contribution in [0.25, 0.3) is 0 Å². The van der Waals surface area contributed by atoms with Gasteiger partial charge in [-0.3, -0.25) is 4.79 Å². The Hall–Kier alpha value is -1.79. The van der Waals surface area contributed by atoms with Crippen molar-refractivity contribution in [2.75, 3.05) is 19.5 Å². The molecule has 0 radical (unpaired) electrons. The SMILES string of the molecule is COc1cc(Cl)c(NC(=O)c2cccnc2Br)cc1OC. The highest BCUT2D eigenvalue weighted by molar-refractivity contribution is 9.10. The van der Waals surface area contributed by atoms with Crippen molar-refractivity contribution in [2.45, 2.75) is 0 Å². The minimum Gasteiger partial charge on any atom is -0.493 e. The molecule has 0 aliphatic heterocycles. The Kier molecular flexibility index (Phi) is 5.03. The van der Waals surface area contributed by atoms with Gasteiger partial charge in [-0.1, -0.05) is 11.6 Å². The van der Waals surface area contributed by atoms with Crippen molar-refractivity contribution in [3.63, 3.8) is 0 Å². The molecular weight excluding hydrogens is 360 g/mol. The van der Waals surface area contributed by atoms with Gasteiger partial charge in [0, 0.05) is 18.3 Å². The largest absolute Gasteiger partial charge is 0.493 e. The lowest BCUT2D eigenvalue weighted by Crippen LogP contribution is -2.13. The lowest BCUT2D eigenvalue weighted by atomic mass is 10.2. The number of nitrogens with one attached hydrogen (secondary N) is 1. The summed E-state index contributed by atoms with van der Waals surface area (Å²) < 4.78 is 10.8. The highest BCUT2D eigenvalue weighted by atomic mass is 79.9. The minimum absolute atomic E-state index is 0.330. The Bertz CT molecular complexity index is 679. The summed E-state index contributed by atoms with van der Waals surface area (Å²) in [6.45, 7) is 0. The van der Waals surface area contributed by atoms with E-state index < -0.39 is 0 Å². The highest BCUT2D eigenvalue weighted by Crippen LogP contribution is 2.36. The first-order valence-electron chi connectivity index (χ1n) is 5.90. The Balaban J connectivity index is 2.31. The number of halogens is 2. The highest BCUT2D eigenvalue weighted by Gasteiger charge is 2.15. The number of carbonyl (C=O) groups excluding carboxylic acids is 1. The number of aromatic nitrogens is 1. The molecule has 1 aromatic heterocycles. The van der Waals surface area contributed by atoms with E-state index in [2.05, 4.69) is 26.2 Å². The fourth-order valence-electron chi connectivity index (χ4n) is 1.70. The average Bonchev–Trinajstić information content (AvgIpc) is 2.49. The van der Waals surface area contributed by atoms with Gasteiger partial charge >= 0.3 is 0 Å². The van der Waals surface area contributed by atoms with Crippen LogP contribution >= 0.6 is 27.5 Å². The standard InChI is InChI=1S/C14H12BrClN2O3/c1-20-11-6-9(16)10(7-12(11)21-2)18-14(19)8-4-3-5-17-13(8)15/h3-7H,1-2H3,(H,18,19). The third kappa shape index (κ3) is 3.46. The minimum atomic E-state index is -0.330. The van der Waals surface area contributed by atoms with E-state index in [1.807, 2.05) is 0 Å². The molecule has 110 valence electrons. The third-order valence-electron chi connectivity index (χ3n) is 2.73. The van der Waals surface area contributed by atoms with Crippen molar-refractivity contribution in [1.82, 2.24) is 4.98 Å². The van der Waals surface area contributed by atoms with Crippen LogP contribution in [0.15, 0.2) is 35.1 Å². The molecule has 5 nitrogen and oxygen atoms in total. The number of carbonyl (C=O) groups is 1. The molecule has 7 heteroatoms. The number of amides is 1. The summed E-state index contributed by atoms with van der Waals surface area (Å²) in [5, 5.41) is 3.07. The van der Waals surface area contributed by atoms with Gasteiger partial charge in [-0.25, -0.2) is 4.98 Å². The van der Waals surface area contributed by atoms with Crippen LogP contribution in [0.3, 0.4) is 0 Å². The first-order chi connectivity index (χ1) is 10.1. The molecule has 2 aromatic rings. The number of hydrogen-bond acceptors (Lipinski definition) is 4. The molecule has 0 aliphatic rings. The molecule has 0 atom stereocenters. The van der Waals surface area contributed by atoms with Crippen molar-refractivity contribution >= 4 is 39.1 Å². The Morgan fingerprint density at radius 1 is 1.29 bits per heavy atom. The number of methoxy groups -OCH3 is 2. The van der Waals surface area contributed by atoms with E-state index in [0.29, 0.717) is 32.4 Å². The topological polar surface area (TPSA) is 60.5 Å². The van der Waals surface area contributed by atoms with E-state index in [-0.39, 0.29) is 5.91 Å². The smallest absolute Gasteiger partial charge is 0.258 e. The summed E-state index contributed by atoms with van der Waals surface area (Å²) in [6.07, 6.45) is 1.59. The number of nitrogens with zero attached hydrogens (tertiary/aromatic N) is 1. The fourth-order valence-corrected chi connectivity index (χ4v) is 2.33. The van der Waals surface area contributed by atoms with Crippen molar-refractivity contribution in [1.29, 1.82) is 0 Å². The van der Waals surface area contributed by atoms with Crippen LogP contribution in [0.5, 0.6) is 11.5 Å². The second-order valence-electron chi connectivity index (χ2n) is 3.98. The molecule has 1 N–H and O–H groups in total. The van der Waals surface area contributed by atoms with E-state index in [0.717, 1.165) is 0 Å². The van der Waals surface area contributed by atoms with Crippen LogP contribution < -0.4 is 14.8 Å².